The Bertz CT molecular complexity index is 591. The molecule has 112 valence electrons. The van der Waals surface area contributed by atoms with Crippen LogP contribution in [-0.4, -0.2) is 50.3 Å². The first-order valence-electron chi connectivity index (χ1n) is 6.58. The highest BCUT2D eigenvalue weighted by Gasteiger charge is 2.32. The zero-order valence-corrected chi connectivity index (χ0v) is 12.5. The van der Waals surface area contributed by atoms with E-state index < -0.39 is 15.8 Å². The van der Waals surface area contributed by atoms with Gasteiger partial charge in [-0.05, 0) is 45.1 Å². The largest absolute Gasteiger partial charge is 0.398 e. The summed E-state index contributed by atoms with van der Waals surface area (Å²) < 4.78 is 39.9. The van der Waals surface area contributed by atoms with Gasteiger partial charge in [0.15, 0.2) is 0 Å². The minimum absolute atomic E-state index is 0.0182. The van der Waals surface area contributed by atoms with Gasteiger partial charge in [0.25, 0.3) is 0 Å². The smallest absolute Gasteiger partial charge is 0.245 e. The Morgan fingerprint density at radius 1 is 1.35 bits per heavy atom. The number of likely N-dealkylation sites (N-methyl/N-ethyl adjacent to an activating group) is 1. The lowest BCUT2D eigenvalue weighted by Crippen LogP contribution is -2.42. The fourth-order valence-electron chi connectivity index (χ4n) is 2.59. The fraction of sp³-hybridized carbons (Fsp3) is 0.538. The number of sulfonamides is 1. The van der Waals surface area contributed by atoms with Crippen LogP contribution < -0.4 is 5.73 Å². The van der Waals surface area contributed by atoms with Gasteiger partial charge in [0.2, 0.25) is 10.0 Å². The molecule has 1 saturated heterocycles. The Kier molecular flexibility index (Phi) is 4.31. The Morgan fingerprint density at radius 2 is 2.05 bits per heavy atom. The van der Waals surface area contributed by atoms with Gasteiger partial charge in [-0.1, -0.05) is 0 Å². The normalized spacial score (nSPS) is 22.6. The highest BCUT2D eigenvalue weighted by atomic mass is 32.2. The fourth-order valence-corrected chi connectivity index (χ4v) is 4.35. The SMILES string of the molecule is CC1CN(C)CCCN1S(=O)(=O)c1ccc(F)cc1N. The van der Waals surface area contributed by atoms with E-state index in [4.69, 9.17) is 5.73 Å². The number of nitrogen functional groups attached to an aromatic ring is 1. The van der Waals surface area contributed by atoms with Crippen LogP contribution in [0.15, 0.2) is 23.1 Å². The molecule has 2 rings (SSSR count). The van der Waals surface area contributed by atoms with Crippen molar-refractivity contribution in [3.8, 4) is 0 Å². The minimum Gasteiger partial charge on any atom is -0.398 e. The van der Waals surface area contributed by atoms with Gasteiger partial charge in [-0.2, -0.15) is 4.31 Å². The first kappa shape index (κ1) is 15.2. The number of nitrogens with two attached hydrogens (primary N) is 1. The van der Waals surface area contributed by atoms with Crippen LogP contribution in [0.3, 0.4) is 0 Å². The molecule has 0 spiro atoms. The topological polar surface area (TPSA) is 66.6 Å². The molecular weight excluding hydrogens is 281 g/mol. The molecule has 1 atom stereocenters. The first-order chi connectivity index (χ1) is 9.32. The summed E-state index contributed by atoms with van der Waals surface area (Å²) in [5.74, 6) is -0.537. The lowest BCUT2D eigenvalue weighted by atomic mass is 10.3. The van der Waals surface area contributed by atoms with E-state index in [2.05, 4.69) is 4.90 Å². The zero-order valence-electron chi connectivity index (χ0n) is 11.7. The van der Waals surface area contributed by atoms with E-state index >= 15 is 0 Å². The number of halogens is 1. The van der Waals surface area contributed by atoms with Gasteiger partial charge in [0.1, 0.15) is 10.7 Å². The second kappa shape index (κ2) is 5.67. The van der Waals surface area contributed by atoms with Crippen molar-refractivity contribution in [2.45, 2.75) is 24.3 Å². The van der Waals surface area contributed by atoms with Crippen molar-refractivity contribution in [2.24, 2.45) is 0 Å². The van der Waals surface area contributed by atoms with Crippen LogP contribution in [0.2, 0.25) is 0 Å². The third-order valence-electron chi connectivity index (χ3n) is 3.54. The summed E-state index contributed by atoms with van der Waals surface area (Å²) in [6.07, 6.45) is 0.765. The Balaban J connectivity index is 2.38. The van der Waals surface area contributed by atoms with E-state index in [1.165, 1.54) is 10.4 Å². The predicted octanol–water partition coefficient (Wildman–Crippen LogP) is 1.12. The molecule has 0 radical (unpaired) electrons. The van der Waals surface area contributed by atoms with Crippen molar-refractivity contribution in [3.05, 3.63) is 24.0 Å². The second-order valence-corrected chi connectivity index (χ2v) is 7.12. The highest BCUT2D eigenvalue weighted by molar-refractivity contribution is 7.89. The van der Waals surface area contributed by atoms with E-state index in [9.17, 15) is 12.8 Å². The number of nitrogens with zero attached hydrogens (tertiary/aromatic N) is 2. The molecule has 0 aliphatic carbocycles. The maximum absolute atomic E-state index is 13.1. The molecule has 0 amide bonds. The molecule has 1 aromatic rings. The van der Waals surface area contributed by atoms with Crippen molar-refractivity contribution in [3.63, 3.8) is 0 Å². The molecule has 20 heavy (non-hydrogen) atoms. The Labute approximate surface area is 119 Å². The summed E-state index contributed by atoms with van der Waals surface area (Å²) in [5, 5.41) is 0. The first-order valence-corrected chi connectivity index (χ1v) is 8.02. The van der Waals surface area contributed by atoms with Crippen molar-refractivity contribution >= 4 is 15.7 Å². The van der Waals surface area contributed by atoms with Gasteiger partial charge in [-0.25, -0.2) is 12.8 Å². The molecule has 1 aliphatic rings. The van der Waals surface area contributed by atoms with Crippen LogP contribution in [0, 0.1) is 5.82 Å². The molecule has 1 heterocycles. The standard InChI is InChI=1S/C13H20FN3O2S/c1-10-9-16(2)6-3-7-17(10)20(18,19)13-5-4-11(14)8-12(13)15/h4-5,8,10H,3,6-7,9,15H2,1-2H3. The lowest BCUT2D eigenvalue weighted by molar-refractivity contribution is 0.290. The Morgan fingerprint density at radius 3 is 2.70 bits per heavy atom. The van der Waals surface area contributed by atoms with Crippen LogP contribution in [0.1, 0.15) is 13.3 Å². The van der Waals surface area contributed by atoms with Crippen molar-refractivity contribution in [1.29, 1.82) is 0 Å². The molecule has 1 aliphatic heterocycles. The zero-order chi connectivity index (χ0) is 14.9. The monoisotopic (exact) mass is 301 g/mol. The molecule has 5 nitrogen and oxygen atoms in total. The summed E-state index contributed by atoms with van der Waals surface area (Å²) in [6.45, 7) is 3.85. The van der Waals surface area contributed by atoms with Crippen LogP contribution in [0.4, 0.5) is 10.1 Å². The number of anilines is 1. The maximum Gasteiger partial charge on any atom is 0.245 e. The number of benzene rings is 1. The number of hydrogen-bond donors (Lipinski definition) is 1. The predicted molar refractivity (Wildman–Crippen MR) is 76.3 cm³/mol. The molecule has 1 unspecified atom stereocenters. The summed E-state index contributed by atoms with van der Waals surface area (Å²) in [5.41, 5.74) is 5.62. The van der Waals surface area contributed by atoms with Crippen LogP contribution in [0.25, 0.3) is 0 Å². The third kappa shape index (κ3) is 2.94. The van der Waals surface area contributed by atoms with Crippen LogP contribution in [0.5, 0.6) is 0 Å². The molecule has 7 heteroatoms. The average Bonchev–Trinajstić information content (AvgIpc) is 2.49. The molecule has 0 saturated carbocycles. The van der Waals surface area contributed by atoms with E-state index in [0.29, 0.717) is 13.1 Å². The molecule has 2 N–H and O–H groups in total. The van der Waals surface area contributed by atoms with Crippen LogP contribution in [-0.2, 0) is 10.0 Å². The van der Waals surface area contributed by atoms with Gasteiger partial charge in [0, 0.05) is 19.1 Å². The maximum atomic E-state index is 13.1. The van der Waals surface area contributed by atoms with Crippen molar-refractivity contribution < 1.29 is 12.8 Å². The molecule has 1 aromatic carbocycles. The summed E-state index contributed by atoms with van der Waals surface area (Å²) in [4.78, 5) is 2.09. The van der Waals surface area contributed by atoms with E-state index in [1.807, 2.05) is 14.0 Å². The van der Waals surface area contributed by atoms with Gasteiger partial charge in [0.05, 0.1) is 5.69 Å². The van der Waals surface area contributed by atoms with E-state index in [0.717, 1.165) is 25.1 Å². The van der Waals surface area contributed by atoms with Gasteiger partial charge in [-0.15, -0.1) is 0 Å². The molecule has 0 aromatic heterocycles. The number of rotatable bonds is 2. The second-order valence-electron chi connectivity index (χ2n) is 5.26. The minimum atomic E-state index is -3.69. The molecular formula is C13H20FN3O2S. The summed E-state index contributed by atoms with van der Waals surface area (Å²) in [6, 6.07) is 3.26. The summed E-state index contributed by atoms with van der Waals surface area (Å²) in [7, 11) is -1.72. The van der Waals surface area contributed by atoms with E-state index in [1.54, 1.807) is 0 Å². The lowest BCUT2D eigenvalue weighted by Gasteiger charge is -2.27. The van der Waals surface area contributed by atoms with Crippen molar-refractivity contribution in [1.82, 2.24) is 9.21 Å². The Hall–Kier alpha value is -1.18. The highest BCUT2D eigenvalue weighted by Crippen LogP contribution is 2.26. The van der Waals surface area contributed by atoms with Crippen LogP contribution >= 0.6 is 0 Å². The summed E-state index contributed by atoms with van der Waals surface area (Å²) >= 11 is 0. The molecule has 0 bridgehead atoms. The van der Waals surface area contributed by atoms with Gasteiger partial charge >= 0.3 is 0 Å². The van der Waals surface area contributed by atoms with Gasteiger partial charge < -0.3 is 10.6 Å². The average molecular weight is 301 g/mol. The van der Waals surface area contributed by atoms with Crippen molar-refractivity contribution in [2.75, 3.05) is 32.4 Å². The van der Waals surface area contributed by atoms with Gasteiger partial charge in [-0.3, -0.25) is 0 Å². The quantitative estimate of drug-likeness (QED) is 0.831. The number of hydrogen-bond acceptors (Lipinski definition) is 4. The molecule has 1 fully saturated rings. The van der Waals surface area contributed by atoms with E-state index in [-0.39, 0.29) is 16.6 Å². The third-order valence-corrected chi connectivity index (χ3v) is 5.63.